The minimum atomic E-state index is 0.162. The first-order valence-electron chi connectivity index (χ1n) is 6.77. The average molecular weight is 245 g/mol. The molecule has 1 aromatic carbocycles. The van der Waals surface area contributed by atoms with Gasteiger partial charge in [-0.1, -0.05) is 6.42 Å². The van der Waals surface area contributed by atoms with Crippen molar-refractivity contribution in [1.82, 2.24) is 4.90 Å². The van der Waals surface area contributed by atoms with E-state index >= 15 is 0 Å². The molecule has 96 valence electrons. The Balaban J connectivity index is 1.60. The fourth-order valence-electron chi connectivity index (χ4n) is 3.40. The number of hydrogen-bond acceptors (Lipinski definition) is 3. The molecule has 0 amide bonds. The van der Waals surface area contributed by atoms with Crippen molar-refractivity contribution in [3.63, 3.8) is 0 Å². The molecule has 1 aliphatic heterocycles. The molecule has 2 atom stereocenters. The Bertz CT molecular complexity index is 428. The van der Waals surface area contributed by atoms with Gasteiger partial charge in [-0.3, -0.25) is 9.69 Å². The van der Waals surface area contributed by atoms with Crippen molar-refractivity contribution >= 4 is 5.78 Å². The van der Waals surface area contributed by atoms with Crippen LogP contribution in [0.2, 0.25) is 0 Å². The van der Waals surface area contributed by atoms with E-state index in [2.05, 4.69) is 4.90 Å². The second kappa shape index (κ2) is 4.73. The molecule has 0 spiro atoms. The summed E-state index contributed by atoms with van der Waals surface area (Å²) >= 11 is 0. The summed E-state index contributed by atoms with van der Waals surface area (Å²) in [5.74, 6) is 2.03. The molecule has 1 heterocycles. The minimum Gasteiger partial charge on any atom is -0.508 e. The minimum absolute atomic E-state index is 0.162. The molecule has 3 heteroatoms. The van der Waals surface area contributed by atoms with Crippen molar-refractivity contribution in [2.75, 3.05) is 19.6 Å². The fourth-order valence-corrected chi connectivity index (χ4v) is 3.40. The van der Waals surface area contributed by atoms with Gasteiger partial charge in [-0.15, -0.1) is 0 Å². The molecule has 0 bridgehead atoms. The number of carbonyl (C=O) groups is 1. The summed E-state index contributed by atoms with van der Waals surface area (Å²) in [6.07, 6.45) is 4.05. The SMILES string of the molecule is O=C(CN1C[C@H]2CCC[C@H]2C1)c1ccc(O)cc1. The molecule has 1 saturated carbocycles. The summed E-state index contributed by atoms with van der Waals surface area (Å²) in [5.41, 5.74) is 0.699. The predicted molar refractivity (Wildman–Crippen MR) is 69.7 cm³/mol. The van der Waals surface area contributed by atoms with Gasteiger partial charge < -0.3 is 5.11 Å². The number of aromatic hydroxyl groups is 1. The summed E-state index contributed by atoms with van der Waals surface area (Å²) < 4.78 is 0. The van der Waals surface area contributed by atoms with Crippen LogP contribution in [0.4, 0.5) is 0 Å². The molecular formula is C15H19NO2. The first kappa shape index (κ1) is 11.7. The Hall–Kier alpha value is -1.35. The molecule has 1 aliphatic carbocycles. The molecule has 3 rings (SSSR count). The third kappa shape index (κ3) is 2.27. The molecule has 18 heavy (non-hydrogen) atoms. The van der Waals surface area contributed by atoms with Gasteiger partial charge in [-0.05, 0) is 48.9 Å². The number of ketones is 1. The second-order valence-corrected chi connectivity index (χ2v) is 5.62. The number of fused-ring (bicyclic) bond motifs is 1. The van der Waals surface area contributed by atoms with Crippen molar-refractivity contribution in [3.8, 4) is 5.75 Å². The van der Waals surface area contributed by atoms with Gasteiger partial charge in [0.2, 0.25) is 0 Å². The third-order valence-electron chi connectivity index (χ3n) is 4.36. The monoisotopic (exact) mass is 245 g/mol. The Morgan fingerprint density at radius 2 is 1.78 bits per heavy atom. The lowest BCUT2D eigenvalue weighted by atomic mass is 10.0. The van der Waals surface area contributed by atoms with E-state index in [9.17, 15) is 9.90 Å². The Morgan fingerprint density at radius 1 is 1.17 bits per heavy atom. The number of Topliss-reactive ketones (excluding diaryl/α,β-unsaturated/α-hetero) is 1. The summed E-state index contributed by atoms with van der Waals surface area (Å²) in [5, 5.41) is 9.21. The van der Waals surface area contributed by atoms with Crippen LogP contribution in [-0.4, -0.2) is 35.4 Å². The van der Waals surface area contributed by atoms with Crippen LogP contribution < -0.4 is 0 Å². The van der Waals surface area contributed by atoms with Crippen LogP contribution in [0.15, 0.2) is 24.3 Å². The lowest BCUT2D eigenvalue weighted by Crippen LogP contribution is -2.28. The van der Waals surface area contributed by atoms with Gasteiger partial charge >= 0.3 is 0 Å². The van der Waals surface area contributed by atoms with Gasteiger partial charge in [0.25, 0.3) is 0 Å². The lowest BCUT2D eigenvalue weighted by molar-refractivity contribution is 0.0941. The number of phenolic OH excluding ortho intramolecular Hbond substituents is 1. The third-order valence-corrected chi connectivity index (χ3v) is 4.36. The van der Waals surface area contributed by atoms with Gasteiger partial charge in [0.1, 0.15) is 5.75 Å². The maximum Gasteiger partial charge on any atom is 0.176 e. The number of benzene rings is 1. The maximum atomic E-state index is 12.1. The van der Waals surface area contributed by atoms with Crippen molar-refractivity contribution in [3.05, 3.63) is 29.8 Å². The largest absolute Gasteiger partial charge is 0.508 e. The zero-order valence-corrected chi connectivity index (χ0v) is 10.5. The zero-order chi connectivity index (χ0) is 12.5. The number of nitrogens with zero attached hydrogens (tertiary/aromatic N) is 1. The Labute approximate surface area is 107 Å². The summed E-state index contributed by atoms with van der Waals surface area (Å²) in [6, 6.07) is 6.56. The van der Waals surface area contributed by atoms with Crippen molar-refractivity contribution in [1.29, 1.82) is 0 Å². The number of rotatable bonds is 3. The molecule has 1 N–H and O–H groups in total. The number of likely N-dealkylation sites (tertiary alicyclic amines) is 1. The Kier molecular flexibility index (Phi) is 3.08. The summed E-state index contributed by atoms with van der Waals surface area (Å²) in [4.78, 5) is 14.4. The van der Waals surface area contributed by atoms with Gasteiger partial charge in [0.15, 0.2) is 5.78 Å². The number of carbonyl (C=O) groups excluding carboxylic acids is 1. The van der Waals surface area contributed by atoms with Crippen LogP contribution >= 0.6 is 0 Å². The van der Waals surface area contributed by atoms with Gasteiger partial charge in [-0.25, -0.2) is 0 Å². The van der Waals surface area contributed by atoms with Crippen LogP contribution in [0, 0.1) is 11.8 Å². The highest BCUT2D eigenvalue weighted by atomic mass is 16.3. The number of phenols is 1. The van der Waals surface area contributed by atoms with Crippen molar-refractivity contribution in [2.24, 2.45) is 11.8 Å². The quantitative estimate of drug-likeness (QED) is 0.831. The van der Waals surface area contributed by atoms with Crippen molar-refractivity contribution in [2.45, 2.75) is 19.3 Å². The molecule has 0 radical (unpaired) electrons. The average Bonchev–Trinajstić information content (AvgIpc) is 2.90. The second-order valence-electron chi connectivity index (χ2n) is 5.62. The van der Waals surface area contributed by atoms with E-state index in [1.54, 1.807) is 24.3 Å². The van der Waals surface area contributed by atoms with Gasteiger partial charge in [-0.2, -0.15) is 0 Å². The van der Waals surface area contributed by atoms with Crippen LogP contribution in [0.1, 0.15) is 29.6 Å². The fraction of sp³-hybridized carbons (Fsp3) is 0.533. The molecule has 2 aliphatic rings. The van der Waals surface area contributed by atoms with Crippen LogP contribution in [0.3, 0.4) is 0 Å². The van der Waals surface area contributed by atoms with E-state index in [-0.39, 0.29) is 11.5 Å². The normalized spacial score (nSPS) is 27.3. The highest BCUT2D eigenvalue weighted by molar-refractivity contribution is 5.97. The van der Waals surface area contributed by atoms with E-state index < -0.39 is 0 Å². The standard InChI is InChI=1S/C15H19NO2/c17-14-6-4-11(5-7-14)15(18)10-16-8-12-2-1-3-13(12)9-16/h4-7,12-13,17H,1-3,8-10H2/t12-,13+. The van der Waals surface area contributed by atoms with Crippen LogP contribution in [0.25, 0.3) is 0 Å². The summed E-state index contributed by atoms with van der Waals surface area (Å²) in [6.45, 7) is 2.71. The molecule has 1 saturated heterocycles. The van der Waals surface area contributed by atoms with E-state index in [0.29, 0.717) is 12.1 Å². The maximum absolute atomic E-state index is 12.1. The molecule has 1 aromatic rings. The zero-order valence-electron chi connectivity index (χ0n) is 10.5. The first-order valence-corrected chi connectivity index (χ1v) is 6.77. The van der Waals surface area contributed by atoms with E-state index in [1.165, 1.54) is 19.3 Å². The van der Waals surface area contributed by atoms with E-state index in [0.717, 1.165) is 24.9 Å². The van der Waals surface area contributed by atoms with Gasteiger partial charge in [0.05, 0.1) is 6.54 Å². The van der Waals surface area contributed by atoms with E-state index in [4.69, 9.17) is 0 Å². The molecule has 0 unspecified atom stereocenters. The number of hydrogen-bond donors (Lipinski definition) is 1. The molecule has 3 nitrogen and oxygen atoms in total. The molecule has 2 fully saturated rings. The molecular weight excluding hydrogens is 226 g/mol. The van der Waals surface area contributed by atoms with Crippen molar-refractivity contribution < 1.29 is 9.90 Å². The topological polar surface area (TPSA) is 40.5 Å². The van der Waals surface area contributed by atoms with Crippen LogP contribution in [-0.2, 0) is 0 Å². The smallest absolute Gasteiger partial charge is 0.176 e. The highest BCUT2D eigenvalue weighted by Crippen LogP contribution is 2.37. The Morgan fingerprint density at radius 3 is 2.39 bits per heavy atom. The highest BCUT2D eigenvalue weighted by Gasteiger charge is 2.36. The van der Waals surface area contributed by atoms with Crippen LogP contribution in [0.5, 0.6) is 5.75 Å². The van der Waals surface area contributed by atoms with E-state index in [1.807, 2.05) is 0 Å². The summed E-state index contributed by atoms with van der Waals surface area (Å²) in [7, 11) is 0. The predicted octanol–water partition coefficient (Wildman–Crippen LogP) is 2.31. The van der Waals surface area contributed by atoms with Gasteiger partial charge in [0, 0.05) is 18.7 Å². The molecule has 0 aromatic heterocycles. The lowest BCUT2D eigenvalue weighted by Gasteiger charge is -2.15. The first-order chi connectivity index (χ1) is 8.72.